The van der Waals surface area contributed by atoms with Crippen molar-refractivity contribution in [3.8, 4) is 11.5 Å². The minimum absolute atomic E-state index is 0.436. The van der Waals surface area contributed by atoms with E-state index in [1.807, 2.05) is 30.3 Å². The van der Waals surface area contributed by atoms with Crippen molar-refractivity contribution in [3.63, 3.8) is 0 Å². The Hall–Kier alpha value is -2.03. The number of hydrogen-bond donors (Lipinski definition) is 1. The van der Waals surface area contributed by atoms with Gasteiger partial charge in [0.25, 0.3) is 0 Å². The van der Waals surface area contributed by atoms with E-state index in [4.69, 9.17) is 4.74 Å². The van der Waals surface area contributed by atoms with E-state index in [1.54, 1.807) is 6.20 Å². The number of nitrogens with one attached hydrogen (secondary N) is 1. The van der Waals surface area contributed by atoms with E-state index in [9.17, 15) is 0 Å². The van der Waals surface area contributed by atoms with Gasteiger partial charge in [0.05, 0.1) is 0 Å². The summed E-state index contributed by atoms with van der Waals surface area (Å²) in [4.78, 5) is 4.28. The zero-order valence-electron chi connectivity index (χ0n) is 12.4. The van der Waals surface area contributed by atoms with Crippen LogP contribution in [0.1, 0.15) is 38.7 Å². The number of nitrogens with zero attached hydrogens (tertiary/aromatic N) is 1. The lowest BCUT2D eigenvalue weighted by Gasteiger charge is -2.14. The lowest BCUT2D eigenvalue weighted by atomic mass is 10.0. The minimum atomic E-state index is 0.436. The molecule has 1 aromatic heterocycles. The molecule has 3 heteroatoms. The van der Waals surface area contributed by atoms with Crippen LogP contribution in [0, 0.1) is 0 Å². The highest BCUT2D eigenvalue weighted by molar-refractivity contribution is 5.44. The van der Waals surface area contributed by atoms with Gasteiger partial charge < -0.3 is 10.1 Å². The largest absolute Gasteiger partial charge is 0.457 e. The van der Waals surface area contributed by atoms with Gasteiger partial charge in [-0.1, -0.05) is 39.0 Å². The molecule has 1 N–H and O–H groups in total. The number of pyridine rings is 1. The molecule has 0 aliphatic heterocycles. The first-order valence-corrected chi connectivity index (χ1v) is 7.17. The Morgan fingerprint density at radius 2 is 2.00 bits per heavy atom. The monoisotopic (exact) mass is 270 g/mol. The van der Waals surface area contributed by atoms with Crippen molar-refractivity contribution in [1.29, 1.82) is 0 Å². The third kappa shape index (κ3) is 3.73. The zero-order chi connectivity index (χ0) is 14.4. The van der Waals surface area contributed by atoms with Gasteiger partial charge in [0.15, 0.2) is 0 Å². The normalized spacial score (nSPS) is 10.6. The molecule has 0 saturated carbocycles. The average molecular weight is 270 g/mol. The second kappa shape index (κ2) is 6.94. The number of benzene rings is 1. The Morgan fingerprint density at radius 1 is 1.20 bits per heavy atom. The van der Waals surface area contributed by atoms with Crippen LogP contribution in [0.15, 0.2) is 42.6 Å². The summed E-state index contributed by atoms with van der Waals surface area (Å²) >= 11 is 0. The van der Waals surface area contributed by atoms with E-state index in [2.05, 4.69) is 37.1 Å². The van der Waals surface area contributed by atoms with Gasteiger partial charge in [0.1, 0.15) is 17.3 Å². The molecule has 3 nitrogen and oxygen atoms in total. The summed E-state index contributed by atoms with van der Waals surface area (Å²) in [7, 11) is 0. The zero-order valence-corrected chi connectivity index (χ0v) is 12.4. The SMILES string of the molecule is CCCNc1cc(Oc2ccccc2C(C)C)ccn1. The van der Waals surface area contributed by atoms with Crippen molar-refractivity contribution in [2.24, 2.45) is 0 Å². The van der Waals surface area contributed by atoms with E-state index in [-0.39, 0.29) is 0 Å². The van der Waals surface area contributed by atoms with Crippen LogP contribution < -0.4 is 10.1 Å². The highest BCUT2D eigenvalue weighted by Gasteiger charge is 2.08. The molecular formula is C17H22N2O. The van der Waals surface area contributed by atoms with Crippen molar-refractivity contribution in [2.45, 2.75) is 33.1 Å². The first-order chi connectivity index (χ1) is 9.70. The van der Waals surface area contributed by atoms with E-state index < -0.39 is 0 Å². The van der Waals surface area contributed by atoms with Crippen molar-refractivity contribution in [3.05, 3.63) is 48.2 Å². The molecule has 0 amide bonds. The van der Waals surface area contributed by atoms with E-state index in [1.165, 1.54) is 5.56 Å². The van der Waals surface area contributed by atoms with Crippen molar-refractivity contribution in [1.82, 2.24) is 4.98 Å². The molecule has 1 aromatic carbocycles. The quantitative estimate of drug-likeness (QED) is 0.817. The fourth-order valence-corrected chi connectivity index (χ4v) is 2.00. The molecule has 0 radical (unpaired) electrons. The number of aromatic nitrogens is 1. The van der Waals surface area contributed by atoms with Gasteiger partial charge in [-0.25, -0.2) is 4.98 Å². The smallest absolute Gasteiger partial charge is 0.132 e. The first-order valence-electron chi connectivity index (χ1n) is 7.17. The van der Waals surface area contributed by atoms with Gasteiger partial charge in [0.2, 0.25) is 0 Å². The molecule has 0 unspecified atom stereocenters. The molecule has 1 heterocycles. The molecule has 20 heavy (non-hydrogen) atoms. The second-order valence-corrected chi connectivity index (χ2v) is 5.10. The van der Waals surface area contributed by atoms with E-state index in [0.717, 1.165) is 30.3 Å². The summed E-state index contributed by atoms with van der Waals surface area (Å²) in [5.41, 5.74) is 1.22. The number of rotatable bonds is 6. The lowest BCUT2D eigenvalue weighted by molar-refractivity contribution is 0.472. The first kappa shape index (κ1) is 14.4. The van der Waals surface area contributed by atoms with Gasteiger partial charge >= 0.3 is 0 Å². The third-order valence-electron chi connectivity index (χ3n) is 3.06. The highest BCUT2D eigenvalue weighted by atomic mass is 16.5. The molecule has 106 valence electrons. The maximum atomic E-state index is 6.01. The topological polar surface area (TPSA) is 34.1 Å². The Bertz CT molecular complexity index is 552. The Morgan fingerprint density at radius 3 is 2.75 bits per heavy atom. The fourth-order valence-electron chi connectivity index (χ4n) is 2.00. The van der Waals surface area contributed by atoms with Crippen LogP contribution in [0.5, 0.6) is 11.5 Å². The Kier molecular flexibility index (Phi) is 4.99. The Labute approximate surface area is 121 Å². The van der Waals surface area contributed by atoms with Crippen LogP contribution >= 0.6 is 0 Å². The van der Waals surface area contributed by atoms with Crippen LogP contribution in [0.4, 0.5) is 5.82 Å². The minimum Gasteiger partial charge on any atom is -0.457 e. The molecule has 0 fully saturated rings. The summed E-state index contributed by atoms with van der Waals surface area (Å²) in [5.74, 6) is 3.01. The standard InChI is InChI=1S/C17H22N2O/c1-4-10-18-17-12-14(9-11-19-17)20-16-8-6-5-7-15(16)13(2)3/h5-9,11-13H,4,10H2,1-3H3,(H,18,19). The van der Waals surface area contributed by atoms with Gasteiger partial charge in [-0.15, -0.1) is 0 Å². The lowest BCUT2D eigenvalue weighted by Crippen LogP contribution is -2.01. The summed E-state index contributed by atoms with van der Waals surface area (Å²) in [5, 5.41) is 3.27. The maximum Gasteiger partial charge on any atom is 0.132 e. The Balaban J connectivity index is 2.17. The summed E-state index contributed by atoms with van der Waals surface area (Å²) < 4.78 is 6.01. The summed E-state index contributed by atoms with van der Waals surface area (Å²) in [6.45, 7) is 7.39. The van der Waals surface area contributed by atoms with Crippen LogP contribution in [0.2, 0.25) is 0 Å². The van der Waals surface area contributed by atoms with E-state index >= 15 is 0 Å². The van der Waals surface area contributed by atoms with Crippen molar-refractivity contribution < 1.29 is 4.74 Å². The molecule has 0 atom stereocenters. The van der Waals surface area contributed by atoms with Crippen LogP contribution in [-0.4, -0.2) is 11.5 Å². The summed E-state index contributed by atoms with van der Waals surface area (Å²) in [6, 6.07) is 12.0. The number of para-hydroxylation sites is 1. The van der Waals surface area contributed by atoms with Crippen molar-refractivity contribution >= 4 is 5.82 Å². The van der Waals surface area contributed by atoms with E-state index in [0.29, 0.717) is 5.92 Å². The summed E-state index contributed by atoms with van der Waals surface area (Å²) in [6.07, 6.45) is 2.84. The molecule has 2 aromatic rings. The van der Waals surface area contributed by atoms with Crippen LogP contribution in [0.25, 0.3) is 0 Å². The molecule has 0 aliphatic carbocycles. The predicted molar refractivity (Wildman–Crippen MR) is 83.6 cm³/mol. The number of ether oxygens (including phenoxy) is 1. The maximum absolute atomic E-state index is 6.01. The van der Waals surface area contributed by atoms with Gasteiger partial charge in [-0.2, -0.15) is 0 Å². The number of anilines is 1. The van der Waals surface area contributed by atoms with Crippen LogP contribution in [-0.2, 0) is 0 Å². The molecule has 2 rings (SSSR count). The fraction of sp³-hybridized carbons (Fsp3) is 0.353. The molecule has 0 bridgehead atoms. The third-order valence-corrected chi connectivity index (χ3v) is 3.06. The average Bonchev–Trinajstić information content (AvgIpc) is 2.46. The molecular weight excluding hydrogens is 248 g/mol. The van der Waals surface area contributed by atoms with Crippen molar-refractivity contribution in [2.75, 3.05) is 11.9 Å². The highest BCUT2D eigenvalue weighted by Crippen LogP contribution is 2.30. The second-order valence-electron chi connectivity index (χ2n) is 5.10. The predicted octanol–water partition coefficient (Wildman–Crippen LogP) is 4.82. The molecule has 0 saturated heterocycles. The number of hydrogen-bond acceptors (Lipinski definition) is 3. The van der Waals surface area contributed by atoms with Crippen LogP contribution in [0.3, 0.4) is 0 Å². The van der Waals surface area contributed by atoms with Gasteiger partial charge in [0, 0.05) is 18.8 Å². The molecule has 0 spiro atoms. The van der Waals surface area contributed by atoms with Gasteiger partial charge in [-0.3, -0.25) is 0 Å². The van der Waals surface area contributed by atoms with Gasteiger partial charge in [-0.05, 0) is 30.0 Å². The molecule has 0 aliphatic rings.